The molecule has 0 heterocycles. The molecule has 0 amide bonds. The first-order chi connectivity index (χ1) is 5.47. The Morgan fingerprint density at radius 3 is 2.00 bits per heavy atom. The Hall–Kier alpha value is -0.110. The number of hydrogen-bond donors (Lipinski definition) is 3. The second kappa shape index (κ2) is 4.94. The Morgan fingerprint density at radius 2 is 1.62 bits per heavy atom. The topological polar surface area (TPSA) is 77.8 Å². The van der Waals surface area contributed by atoms with Crippen molar-refractivity contribution in [2.75, 3.05) is 0 Å². The highest BCUT2D eigenvalue weighted by Crippen LogP contribution is 2.55. The second-order valence-corrected chi connectivity index (χ2v) is 6.51. The molecule has 1 aromatic carbocycles. The number of halogens is 1. The Bertz CT molecular complexity index is 307. The van der Waals surface area contributed by atoms with Crippen LogP contribution in [0.3, 0.4) is 0 Å². The van der Waals surface area contributed by atoms with Gasteiger partial charge >= 0.3 is 7.28 Å². The standard InChI is InChI=1S/C6H8O4P2.ClH/c7-5-1-3-6(4-2-5)11-12(8,9)10;/h1-4,7,11H,(H2,8,9,10);1H. The molecule has 0 aliphatic heterocycles. The lowest BCUT2D eigenvalue weighted by molar-refractivity contribution is 0.396. The summed E-state index contributed by atoms with van der Waals surface area (Å²) in [6.45, 7) is 0. The van der Waals surface area contributed by atoms with Crippen molar-refractivity contribution in [2.24, 2.45) is 0 Å². The van der Waals surface area contributed by atoms with Crippen LogP contribution >= 0.6 is 28.0 Å². The van der Waals surface area contributed by atoms with E-state index in [1.54, 1.807) is 0 Å². The number of benzene rings is 1. The van der Waals surface area contributed by atoms with Crippen molar-refractivity contribution >= 4 is 33.3 Å². The zero-order chi connectivity index (χ0) is 9.19. The number of phenols is 1. The average molecular weight is 243 g/mol. The van der Waals surface area contributed by atoms with Gasteiger partial charge in [-0.05, 0) is 17.4 Å². The van der Waals surface area contributed by atoms with Crippen molar-refractivity contribution in [1.82, 2.24) is 0 Å². The normalized spacial score (nSPS) is 11.5. The summed E-state index contributed by atoms with van der Waals surface area (Å²) >= 11 is 0. The summed E-state index contributed by atoms with van der Waals surface area (Å²) in [7, 11) is -4.49. The predicted molar refractivity (Wildman–Crippen MR) is 55.3 cm³/mol. The van der Waals surface area contributed by atoms with Crippen LogP contribution in [0.15, 0.2) is 24.3 Å². The molecule has 0 bridgehead atoms. The lowest BCUT2D eigenvalue weighted by atomic mass is 10.3. The van der Waals surface area contributed by atoms with Crippen LogP contribution in [0, 0.1) is 0 Å². The van der Waals surface area contributed by atoms with E-state index in [2.05, 4.69) is 0 Å². The third-order valence-corrected chi connectivity index (χ3v) is 3.67. The minimum atomic E-state index is -3.96. The van der Waals surface area contributed by atoms with E-state index in [1.165, 1.54) is 24.3 Å². The molecule has 1 aromatic rings. The van der Waals surface area contributed by atoms with Crippen LogP contribution in [0.25, 0.3) is 0 Å². The SMILES string of the molecule is Cl.O=P(O)(O)Pc1ccc(O)cc1. The smallest absolute Gasteiger partial charge is 0.345 e. The molecule has 0 radical (unpaired) electrons. The molecule has 4 nitrogen and oxygen atoms in total. The highest BCUT2D eigenvalue weighted by Gasteiger charge is 2.13. The van der Waals surface area contributed by atoms with E-state index in [9.17, 15) is 4.57 Å². The maximum absolute atomic E-state index is 10.5. The van der Waals surface area contributed by atoms with Crippen LogP contribution in [0.4, 0.5) is 0 Å². The van der Waals surface area contributed by atoms with Crippen LogP contribution in [0.5, 0.6) is 5.75 Å². The molecule has 0 spiro atoms. The molecule has 13 heavy (non-hydrogen) atoms. The summed E-state index contributed by atoms with van der Waals surface area (Å²) in [6, 6.07) is 5.79. The Labute approximate surface area is 83.2 Å². The fraction of sp³-hybridized carbons (Fsp3) is 0. The molecular formula is C6H9ClO4P2. The molecule has 0 aliphatic rings. The third-order valence-electron chi connectivity index (χ3n) is 1.14. The highest BCUT2D eigenvalue weighted by atomic mass is 35.5. The highest BCUT2D eigenvalue weighted by molar-refractivity contribution is 8.22. The van der Waals surface area contributed by atoms with Gasteiger partial charge in [-0.2, -0.15) is 0 Å². The van der Waals surface area contributed by atoms with E-state index in [-0.39, 0.29) is 18.2 Å². The summed E-state index contributed by atoms with van der Waals surface area (Å²) in [5.41, 5.74) is 0. The number of hydrogen-bond acceptors (Lipinski definition) is 2. The largest absolute Gasteiger partial charge is 0.508 e. The zero-order valence-corrected chi connectivity index (χ0v) is 9.13. The molecular weight excluding hydrogens is 233 g/mol. The van der Waals surface area contributed by atoms with Gasteiger partial charge in [0, 0.05) is 8.27 Å². The first-order valence-corrected chi connectivity index (χ1v) is 6.56. The molecule has 1 unspecified atom stereocenters. The summed E-state index contributed by atoms with van der Waals surface area (Å²) in [4.78, 5) is 17.2. The van der Waals surface area contributed by atoms with E-state index < -0.39 is 15.6 Å². The van der Waals surface area contributed by atoms with Crippen molar-refractivity contribution < 1.29 is 19.5 Å². The van der Waals surface area contributed by atoms with Crippen LogP contribution in [-0.2, 0) is 4.57 Å². The van der Waals surface area contributed by atoms with E-state index in [4.69, 9.17) is 14.9 Å². The monoisotopic (exact) mass is 242 g/mol. The molecule has 0 saturated carbocycles. The average Bonchev–Trinajstić information content (AvgIpc) is 1.91. The summed E-state index contributed by atoms with van der Waals surface area (Å²) in [6.07, 6.45) is 0. The van der Waals surface area contributed by atoms with Crippen molar-refractivity contribution in [2.45, 2.75) is 0 Å². The van der Waals surface area contributed by atoms with E-state index in [0.29, 0.717) is 5.30 Å². The van der Waals surface area contributed by atoms with Gasteiger partial charge in [0.25, 0.3) is 0 Å². The van der Waals surface area contributed by atoms with Gasteiger partial charge in [-0.1, -0.05) is 12.1 Å². The van der Waals surface area contributed by atoms with Gasteiger partial charge in [0.2, 0.25) is 0 Å². The van der Waals surface area contributed by atoms with Crippen LogP contribution in [-0.4, -0.2) is 14.9 Å². The van der Waals surface area contributed by atoms with Gasteiger partial charge in [0.15, 0.2) is 0 Å². The quantitative estimate of drug-likeness (QED) is 0.681. The molecule has 0 fully saturated rings. The molecule has 0 aliphatic carbocycles. The second-order valence-electron chi connectivity index (χ2n) is 2.20. The van der Waals surface area contributed by atoms with Crippen molar-refractivity contribution in [1.29, 1.82) is 0 Å². The van der Waals surface area contributed by atoms with Gasteiger partial charge in [-0.15, -0.1) is 12.4 Å². The Balaban J connectivity index is 0.00000144. The van der Waals surface area contributed by atoms with Gasteiger partial charge < -0.3 is 14.9 Å². The molecule has 0 saturated heterocycles. The predicted octanol–water partition coefficient (Wildman–Crippen LogP) is 1.21. The molecule has 7 heteroatoms. The van der Waals surface area contributed by atoms with E-state index in [0.717, 1.165) is 0 Å². The molecule has 74 valence electrons. The van der Waals surface area contributed by atoms with Crippen LogP contribution in [0.1, 0.15) is 0 Å². The Kier molecular flexibility index (Phi) is 4.90. The lowest BCUT2D eigenvalue weighted by Gasteiger charge is -2.02. The lowest BCUT2D eigenvalue weighted by Crippen LogP contribution is -1.90. The van der Waals surface area contributed by atoms with Crippen LogP contribution in [0.2, 0.25) is 0 Å². The first kappa shape index (κ1) is 12.9. The third kappa shape index (κ3) is 5.25. The molecule has 0 aromatic heterocycles. The Morgan fingerprint density at radius 1 is 1.15 bits per heavy atom. The van der Waals surface area contributed by atoms with Crippen LogP contribution < -0.4 is 5.30 Å². The van der Waals surface area contributed by atoms with Gasteiger partial charge in [0.1, 0.15) is 5.75 Å². The minimum Gasteiger partial charge on any atom is -0.508 e. The fourth-order valence-corrected chi connectivity index (χ4v) is 2.81. The zero-order valence-electron chi connectivity index (χ0n) is 6.41. The van der Waals surface area contributed by atoms with E-state index >= 15 is 0 Å². The van der Waals surface area contributed by atoms with Crippen molar-refractivity contribution in [3.8, 4) is 5.75 Å². The van der Waals surface area contributed by atoms with Crippen molar-refractivity contribution in [3.05, 3.63) is 24.3 Å². The summed E-state index contributed by atoms with van der Waals surface area (Å²) in [5.74, 6) is 0.0919. The van der Waals surface area contributed by atoms with E-state index in [1.807, 2.05) is 0 Å². The number of phenolic OH excluding ortho intramolecular Hbond substituents is 1. The maximum Gasteiger partial charge on any atom is 0.345 e. The van der Waals surface area contributed by atoms with Gasteiger partial charge in [-0.3, -0.25) is 4.57 Å². The molecule has 3 N–H and O–H groups in total. The fourth-order valence-electron chi connectivity index (χ4n) is 0.704. The summed E-state index contributed by atoms with van der Waals surface area (Å²) < 4.78 is 10.5. The maximum atomic E-state index is 10.5. The number of rotatable bonds is 2. The minimum absolute atomic E-state index is 0. The molecule has 1 atom stereocenters. The van der Waals surface area contributed by atoms with Gasteiger partial charge in [0.05, 0.1) is 0 Å². The summed E-state index contributed by atoms with van der Waals surface area (Å²) in [5, 5.41) is 9.41. The first-order valence-electron chi connectivity index (χ1n) is 3.10. The van der Waals surface area contributed by atoms with Crippen molar-refractivity contribution in [3.63, 3.8) is 0 Å². The number of aromatic hydroxyl groups is 1. The van der Waals surface area contributed by atoms with Gasteiger partial charge in [-0.25, -0.2) is 0 Å². The molecule has 1 rings (SSSR count).